The van der Waals surface area contributed by atoms with Crippen molar-refractivity contribution in [2.24, 2.45) is 40.4 Å². The fourth-order valence-electron chi connectivity index (χ4n) is 7.90. The molecule has 0 aliphatic heterocycles. The van der Waals surface area contributed by atoms with E-state index in [1.807, 2.05) is 6.92 Å². The van der Waals surface area contributed by atoms with E-state index in [0.717, 1.165) is 42.9 Å². The first-order valence-electron chi connectivity index (χ1n) is 10.0. The molecule has 2 nitrogen and oxygen atoms in total. The summed E-state index contributed by atoms with van der Waals surface area (Å²) in [6.07, 6.45) is 10.9. The maximum atomic E-state index is 12.2. The number of ketones is 1. The minimum absolute atomic E-state index is 0.0490. The molecule has 0 saturated heterocycles. The summed E-state index contributed by atoms with van der Waals surface area (Å²) in [6, 6.07) is 0. The van der Waals surface area contributed by atoms with Gasteiger partial charge in [0.1, 0.15) is 5.78 Å². The highest BCUT2D eigenvalue weighted by Gasteiger charge is 2.60. The van der Waals surface area contributed by atoms with Gasteiger partial charge in [-0.3, -0.25) is 4.79 Å². The summed E-state index contributed by atoms with van der Waals surface area (Å²) >= 11 is 0. The van der Waals surface area contributed by atoms with E-state index in [9.17, 15) is 9.90 Å². The molecule has 0 aromatic rings. The number of hydrogen-bond donors (Lipinski definition) is 1. The van der Waals surface area contributed by atoms with Gasteiger partial charge in [-0.2, -0.15) is 0 Å². The Kier molecular flexibility index (Phi) is 3.72. The SMILES string of the molecule is CC(=O)[C@H]1CCC2[C@@H]3CCC4CC(O)CC[C@]4(C)C3CC[C@@]21C. The lowest BCUT2D eigenvalue weighted by atomic mass is 9.44. The van der Waals surface area contributed by atoms with Crippen molar-refractivity contribution in [3.63, 3.8) is 0 Å². The van der Waals surface area contributed by atoms with Crippen molar-refractivity contribution in [3.05, 3.63) is 0 Å². The topological polar surface area (TPSA) is 37.3 Å². The average molecular weight is 319 g/mol. The Balaban J connectivity index is 1.61. The fourth-order valence-corrected chi connectivity index (χ4v) is 7.90. The number of carbonyl (C=O) groups is 1. The van der Waals surface area contributed by atoms with Gasteiger partial charge in [-0.1, -0.05) is 13.8 Å². The maximum absolute atomic E-state index is 12.2. The number of fused-ring (bicyclic) bond motifs is 5. The fraction of sp³-hybridized carbons (Fsp3) is 0.952. The summed E-state index contributed by atoms with van der Waals surface area (Å²) in [5, 5.41) is 10.1. The average Bonchev–Trinajstić information content (AvgIpc) is 2.85. The third-order valence-corrected chi connectivity index (χ3v) is 9.13. The second-order valence-corrected chi connectivity index (χ2v) is 9.87. The first-order valence-corrected chi connectivity index (χ1v) is 10.0. The molecule has 23 heavy (non-hydrogen) atoms. The number of aliphatic hydroxyl groups excluding tert-OH is 1. The van der Waals surface area contributed by atoms with Gasteiger partial charge >= 0.3 is 0 Å². The molecule has 0 heterocycles. The van der Waals surface area contributed by atoms with E-state index in [4.69, 9.17) is 0 Å². The molecule has 8 atom stereocenters. The van der Waals surface area contributed by atoms with Crippen LogP contribution in [0.5, 0.6) is 0 Å². The van der Waals surface area contributed by atoms with Crippen molar-refractivity contribution >= 4 is 5.78 Å². The first kappa shape index (κ1) is 16.1. The van der Waals surface area contributed by atoms with Crippen LogP contribution >= 0.6 is 0 Å². The summed E-state index contributed by atoms with van der Waals surface area (Å²) < 4.78 is 0. The molecule has 4 unspecified atom stereocenters. The number of rotatable bonds is 1. The minimum atomic E-state index is -0.0490. The molecule has 4 fully saturated rings. The molecular formula is C21H34O2. The van der Waals surface area contributed by atoms with Gasteiger partial charge in [0.15, 0.2) is 0 Å². The van der Waals surface area contributed by atoms with Gasteiger partial charge in [-0.25, -0.2) is 0 Å². The summed E-state index contributed by atoms with van der Waals surface area (Å²) in [5.41, 5.74) is 0.738. The predicted molar refractivity (Wildman–Crippen MR) is 91.9 cm³/mol. The van der Waals surface area contributed by atoms with Crippen molar-refractivity contribution < 1.29 is 9.90 Å². The molecule has 0 radical (unpaired) electrons. The standard InChI is InChI=1S/C21H34O2/c1-13(22)17-6-7-18-16-5-4-14-12-15(23)8-10-20(14,2)19(16)9-11-21(17,18)3/h14-19,23H,4-12H2,1-3H3/t14?,15?,16-,17+,18?,19?,20-,21+/m0/s1. The van der Waals surface area contributed by atoms with E-state index in [2.05, 4.69) is 13.8 Å². The first-order chi connectivity index (χ1) is 10.9. The normalized spacial score (nSPS) is 55.7. The highest BCUT2D eigenvalue weighted by Crippen LogP contribution is 2.67. The van der Waals surface area contributed by atoms with Crippen LogP contribution in [0.25, 0.3) is 0 Å². The maximum Gasteiger partial charge on any atom is 0.133 e. The zero-order chi connectivity index (χ0) is 16.4. The van der Waals surface area contributed by atoms with Crippen molar-refractivity contribution in [1.82, 2.24) is 0 Å². The number of hydrogen-bond acceptors (Lipinski definition) is 2. The van der Waals surface area contributed by atoms with E-state index in [-0.39, 0.29) is 11.5 Å². The van der Waals surface area contributed by atoms with Gasteiger partial charge in [0, 0.05) is 5.92 Å². The van der Waals surface area contributed by atoms with Crippen molar-refractivity contribution in [2.45, 2.75) is 84.7 Å². The summed E-state index contributed by atoms with van der Waals surface area (Å²) in [4.78, 5) is 12.2. The Morgan fingerprint density at radius 2 is 1.61 bits per heavy atom. The second-order valence-electron chi connectivity index (χ2n) is 9.87. The molecule has 0 amide bonds. The molecule has 4 saturated carbocycles. The third-order valence-electron chi connectivity index (χ3n) is 9.13. The quantitative estimate of drug-likeness (QED) is 0.767. The van der Waals surface area contributed by atoms with Crippen LogP contribution in [0, 0.1) is 40.4 Å². The monoisotopic (exact) mass is 318 g/mol. The minimum Gasteiger partial charge on any atom is -0.393 e. The van der Waals surface area contributed by atoms with Crippen LogP contribution in [0.15, 0.2) is 0 Å². The Morgan fingerprint density at radius 3 is 2.35 bits per heavy atom. The number of aliphatic hydroxyl groups is 1. The largest absolute Gasteiger partial charge is 0.393 e. The van der Waals surface area contributed by atoms with Crippen LogP contribution in [0.1, 0.15) is 78.6 Å². The van der Waals surface area contributed by atoms with Crippen LogP contribution in [-0.4, -0.2) is 17.0 Å². The Morgan fingerprint density at radius 1 is 0.913 bits per heavy atom. The van der Waals surface area contributed by atoms with Crippen LogP contribution in [0.2, 0.25) is 0 Å². The zero-order valence-electron chi connectivity index (χ0n) is 15.2. The molecule has 2 heteroatoms. The van der Waals surface area contributed by atoms with Crippen LogP contribution in [0.3, 0.4) is 0 Å². The lowest BCUT2D eigenvalue weighted by molar-refractivity contribution is -0.138. The summed E-state index contributed by atoms with van der Waals surface area (Å²) in [7, 11) is 0. The van der Waals surface area contributed by atoms with Crippen molar-refractivity contribution in [1.29, 1.82) is 0 Å². The Labute approximate surface area is 141 Å². The summed E-state index contributed by atoms with van der Waals surface area (Å²) in [6.45, 7) is 6.80. The van der Waals surface area contributed by atoms with Gasteiger partial charge in [0.05, 0.1) is 6.10 Å². The van der Waals surface area contributed by atoms with E-state index in [1.165, 1.54) is 38.5 Å². The van der Waals surface area contributed by atoms with Gasteiger partial charge in [0.25, 0.3) is 0 Å². The van der Waals surface area contributed by atoms with Gasteiger partial charge < -0.3 is 5.11 Å². The molecule has 0 spiro atoms. The van der Waals surface area contributed by atoms with Crippen LogP contribution < -0.4 is 0 Å². The molecule has 1 N–H and O–H groups in total. The predicted octanol–water partition coefficient (Wildman–Crippen LogP) is 4.60. The number of carbonyl (C=O) groups excluding carboxylic acids is 1. The van der Waals surface area contributed by atoms with E-state index < -0.39 is 0 Å². The molecule has 4 aliphatic carbocycles. The van der Waals surface area contributed by atoms with E-state index in [1.54, 1.807) is 0 Å². The smallest absolute Gasteiger partial charge is 0.133 e. The highest BCUT2D eigenvalue weighted by molar-refractivity contribution is 5.79. The van der Waals surface area contributed by atoms with Gasteiger partial charge in [-0.05, 0) is 99.2 Å². The van der Waals surface area contributed by atoms with Crippen molar-refractivity contribution in [3.8, 4) is 0 Å². The molecule has 0 aromatic heterocycles. The van der Waals surface area contributed by atoms with Gasteiger partial charge in [0.2, 0.25) is 0 Å². The van der Waals surface area contributed by atoms with Crippen LogP contribution in [0.4, 0.5) is 0 Å². The molecule has 130 valence electrons. The van der Waals surface area contributed by atoms with Gasteiger partial charge in [-0.15, -0.1) is 0 Å². The highest BCUT2D eigenvalue weighted by atomic mass is 16.3. The lowest BCUT2D eigenvalue weighted by Crippen LogP contribution is -2.54. The zero-order valence-corrected chi connectivity index (χ0v) is 15.2. The van der Waals surface area contributed by atoms with Crippen molar-refractivity contribution in [2.75, 3.05) is 0 Å². The molecular weight excluding hydrogens is 284 g/mol. The second kappa shape index (κ2) is 5.31. The molecule has 0 bridgehead atoms. The molecule has 4 rings (SSSR count). The third kappa shape index (κ3) is 2.19. The Bertz CT molecular complexity index is 500. The lowest BCUT2D eigenvalue weighted by Gasteiger charge is -2.60. The molecule has 4 aliphatic rings. The number of Topliss-reactive ketones (excluding diaryl/α,β-unsaturated/α-hetero) is 1. The summed E-state index contributed by atoms with van der Waals surface area (Å²) in [5.74, 6) is 3.97. The Hall–Kier alpha value is -0.370. The van der Waals surface area contributed by atoms with Crippen LogP contribution in [-0.2, 0) is 4.79 Å². The van der Waals surface area contributed by atoms with E-state index >= 15 is 0 Å². The molecule has 0 aromatic carbocycles. The van der Waals surface area contributed by atoms with E-state index in [0.29, 0.717) is 17.1 Å².